The van der Waals surface area contributed by atoms with Crippen LogP contribution in [0.25, 0.3) is 0 Å². The van der Waals surface area contributed by atoms with E-state index in [1.807, 2.05) is 13.0 Å². The minimum Gasteiger partial charge on any atom is -0.480 e. The van der Waals surface area contributed by atoms with Gasteiger partial charge >= 0.3 is 5.97 Å². The molecule has 0 spiro atoms. The third-order valence-corrected chi connectivity index (χ3v) is 2.41. The normalized spacial score (nSPS) is 9.56. The van der Waals surface area contributed by atoms with Gasteiger partial charge in [-0.3, -0.25) is 9.59 Å². The standard InChI is InChI=1S/C13H14N2O3/c1-10-3-5-11(6-4-10)13(18)15(8-2-7-14)9-12(16)17/h3-6H,2,8-9H2,1H3,(H,16,17). The molecular formula is C13H14N2O3. The van der Waals surface area contributed by atoms with Crippen LogP contribution in [-0.4, -0.2) is 35.0 Å². The minimum atomic E-state index is -1.09. The number of carbonyl (C=O) groups excluding carboxylic acids is 1. The quantitative estimate of drug-likeness (QED) is 0.852. The number of hydrogen-bond donors (Lipinski definition) is 1. The van der Waals surface area contributed by atoms with Gasteiger partial charge in [0.15, 0.2) is 0 Å². The largest absolute Gasteiger partial charge is 0.480 e. The van der Waals surface area contributed by atoms with Gasteiger partial charge < -0.3 is 10.0 Å². The van der Waals surface area contributed by atoms with Gasteiger partial charge in [0.2, 0.25) is 0 Å². The summed E-state index contributed by atoms with van der Waals surface area (Å²) < 4.78 is 0. The molecule has 1 N–H and O–H groups in total. The van der Waals surface area contributed by atoms with Gasteiger partial charge in [-0.05, 0) is 19.1 Å². The van der Waals surface area contributed by atoms with Crippen molar-refractivity contribution in [1.82, 2.24) is 4.90 Å². The molecule has 94 valence electrons. The molecule has 5 heteroatoms. The fourth-order valence-corrected chi connectivity index (χ4v) is 1.48. The molecule has 1 aromatic carbocycles. The Hall–Kier alpha value is -2.35. The maximum atomic E-state index is 12.1. The highest BCUT2D eigenvalue weighted by Gasteiger charge is 2.17. The zero-order valence-corrected chi connectivity index (χ0v) is 10.1. The Balaban J connectivity index is 2.84. The van der Waals surface area contributed by atoms with Crippen molar-refractivity contribution in [3.63, 3.8) is 0 Å². The fourth-order valence-electron chi connectivity index (χ4n) is 1.48. The van der Waals surface area contributed by atoms with Crippen LogP contribution >= 0.6 is 0 Å². The van der Waals surface area contributed by atoms with E-state index < -0.39 is 12.5 Å². The van der Waals surface area contributed by atoms with E-state index in [1.54, 1.807) is 24.3 Å². The van der Waals surface area contributed by atoms with E-state index in [0.717, 1.165) is 10.5 Å². The number of benzene rings is 1. The molecule has 0 aliphatic carbocycles. The molecule has 18 heavy (non-hydrogen) atoms. The Kier molecular flexibility index (Phi) is 4.88. The number of carboxylic acid groups (broad SMARTS) is 1. The summed E-state index contributed by atoms with van der Waals surface area (Å²) in [4.78, 5) is 23.9. The topological polar surface area (TPSA) is 81.4 Å². The number of carbonyl (C=O) groups is 2. The van der Waals surface area contributed by atoms with Crippen LogP contribution in [0.15, 0.2) is 24.3 Å². The van der Waals surface area contributed by atoms with Gasteiger partial charge in [-0.2, -0.15) is 5.26 Å². The lowest BCUT2D eigenvalue weighted by atomic mass is 10.1. The van der Waals surface area contributed by atoms with Crippen molar-refractivity contribution in [3.8, 4) is 6.07 Å². The molecule has 0 bridgehead atoms. The molecular weight excluding hydrogens is 232 g/mol. The van der Waals surface area contributed by atoms with Gasteiger partial charge in [0, 0.05) is 12.1 Å². The van der Waals surface area contributed by atoms with Gasteiger partial charge in [-0.1, -0.05) is 17.7 Å². The monoisotopic (exact) mass is 246 g/mol. The number of carboxylic acids is 1. The van der Waals surface area contributed by atoms with E-state index >= 15 is 0 Å². The zero-order valence-electron chi connectivity index (χ0n) is 10.1. The summed E-state index contributed by atoms with van der Waals surface area (Å²) in [5, 5.41) is 17.2. The number of nitrogens with zero attached hydrogens (tertiary/aromatic N) is 2. The second-order valence-corrected chi connectivity index (χ2v) is 3.89. The third-order valence-electron chi connectivity index (χ3n) is 2.41. The first-order valence-corrected chi connectivity index (χ1v) is 5.49. The minimum absolute atomic E-state index is 0.116. The number of aliphatic carboxylic acids is 1. The molecule has 0 aliphatic heterocycles. The summed E-state index contributed by atoms with van der Waals surface area (Å²) in [6.45, 7) is 1.63. The van der Waals surface area contributed by atoms with Crippen molar-refractivity contribution >= 4 is 11.9 Å². The number of hydrogen-bond acceptors (Lipinski definition) is 3. The van der Waals surface area contributed by atoms with E-state index in [4.69, 9.17) is 10.4 Å². The van der Waals surface area contributed by atoms with Crippen LogP contribution in [0.3, 0.4) is 0 Å². The predicted octanol–water partition coefficient (Wildman–Crippen LogP) is 1.44. The lowest BCUT2D eigenvalue weighted by molar-refractivity contribution is -0.137. The second kappa shape index (κ2) is 6.40. The van der Waals surface area contributed by atoms with Crippen molar-refractivity contribution in [3.05, 3.63) is 35.4 Å². The van der Waals surface area contributed by atoms with Crippen LogP contribution in [0.2, 0.25) is 0 Å². The Morgan fingerprint density at radius 1 is 1.33 bits per heavy atom. The Morgan fingerprint density at radius 2 is 1.94 bits per heavy atom. The smallest absolute Gasteiger partial charge is 0.323 e. The lowest BCUT2D eigenvalue weighted by Gasteiger charge is -2.19. The highest BCUT2D eigenvalue weighted by molar-refractivity contribution is 5.95. The summed E-state index contributed by atoms with van der Waals surface area (Å²) in [7, 11) is 0. The Morgan fingerprint density at radius 3 is 2.44 bits per heavy atom. The van der Waals surface area contributed by atoms with Gasteiger partial charge in [0.05, 0.1) is 12.5 Å². The molecule has 0 saturated carbocycles. The summed E-state index contributed by atoms with van der Waals surface area (Å²) >= 11 is 0. The van der Waals surface area contributed by atoms with Crippen molar-refractivity contribution < 1.29 is 14.7 Å². The van der Waals surface area contributed by atoms with E-state index in [9.17, 15) is 9.59 Å². The van der Waals surface area contributed by atoms with Crippen molar-refractivity contribution in [2.24, 2.45) is 0 Å². The maximum Gasteiger partial charge on any atom is 0.323 e. The molecule has 0 radical (unpaired) electrons. The highest BCUT2D eigenvalue weighted by Crippen LogP contribution is 2.07. The molecule has 0 saturated heterocycles. The highest BCUT2D eigenvalue weighted by atomic mass is 16.4. The fraction of sp³-hybridized carbons (Fsp3) is 0.308. The van der Waals surface area contributed by atoms with Gasteiger partial charge in [0.1, 0.15) is 6.54 Å². The van der Waals surface area contributed by atoms with Crippen LogP contribution in [0.5, 0.6) is 0 Å². The average molecular weight is 246 g/mol. The molecule has 5 nitrogen and oxygen atoms in total. The number of rotatable bonds is 5. The first-order valence-electron chi connectivity index (χ1n) is 5.49. The molecule has 1 aromatic rings. The molecule has 0 atom stereocenters. The Labute approximate surface area is 105 Å². The van der Waals surface area contributed by atoms with Crippen molar-refractivity contribution in [2.75, 3.05) is 13.1 Å². The first kappa shape index (κ1) is 13.7. The van der Waals surface area contributed by atoms with Gasteiger partial charge in [-0.25, -0.2) is 0 Å². The Bertz CT molecular complexity index is 474. The van der Waals surface area contributed by atoms with Crippen LogP contribution in [0.4, 0.5) is 0 Å². The number of nitriles is 1. The predicted molar refractivity (Wildman–Crippen MR) is 64.9 cm³/mol. The number of amides is 1. The second-order valence-electron chi connectivity index (χ2n) is 3.89. The molecule has 0 aromatic heterocycles. The van der Waals surface area contributed by atoms with Crippen molar-refractivity contribution in [2.45, 2.75) is 13.3 Å². The first-order chi connectivity index (χ1) is 8.54. The van der Waals surface area contributed by atoms with E-state index in [2.05, 4.69) is 0 Å². The van der Waals surface area contributed by atoms with E-state index in [1.165, 1.54) is 0 Å². The molecule has 0 heterocycles. The molecule has 0 unspecified atom stereocenters. The maximum absolute atomic E-state index is 12.1. The summed E-state index contributed by atoms with van der Waals surface area (Å²) in [5.74, 6) is -1.46. The average Bonchev–Trinajstić information content (AvgIpc) is 2.34. The third kappa shape index (κ3) is 3.91. The molecule has 0 aliphatic rings. The molecule has 1 rings (SSSR count). The van der Waals surface area contributed by atoms with E-state index in [0.29, 0.717) is 5.56 Å². The zero-order chi connectivity index (χ0) is 13.5. The summed E-state index contributed by atoms with van der Waals surface area (Å²) in [5.41, 5.74) is 1.45. The SMILES string of the molecule is Cc1ccc(C(=O)N(CCC#N)CC(=O)O)cc1. The van der Waals surface area contributed by atoms with Crippen LogP contribution in [0, 0.1) is 18.3 Å². The molecule has 1 amide bonds. The van der Waals surface area contributed by atoms with Crippen LogP contribution in [0.1, 0.15) is 22.3 Å². The summed E-state index contributed by atoms with van der Waals surface area (Å²) in [6.07, 6.45) is 0.116. The molecule has 0 fully saturated rings. The van der Waals surface area contributed by atoms with Crippen LogP contribution < -0.4 is 0 Å². The van der Waals surface area contributed by atoms with Crippen LogP contribution in [-0.2, 0) is 4.79 Å². The lowest BCUT2D eigenvalue weighted by Crippen LogP contribution is -2.36. The van der Waals surface area contributed by atoms with Gasteiger partial charge in [0.25, 0.3) is 5.91 Å². The van der Waals surface area contributed by atoms with E-state index in [-0.39, 0.29) is 18.9 Å². The number of aryl methyl sites for hydroxylation is 1. The van der Waals surface area contributed by atoms with Gasteiger partial charge in [-0.15, -0.1) is 0 Å². The van der Waals surface area contributed by atoms with Crippen molar-refractivity contribution in [1.29, 1.82) is 5.26 Å². The summed E-state index contributed by atoms with van der Waals surface area (Å²) in [6, 6.07) is 8.78.